The highest BCUT2D eigenvalue weighted by molar-refractivity contribution is 7.10. The number of likely N-dealkylation sites (tertiary alicyclic amines) is 1. The third-order valence-corrected chi connectivity index (χ3v) is 11.6. The molecule has 2 aliphatic rings. The summed E-state index contributed by atoms with van der Waals surface area (Å²) in [5.74, 6) is 1.18. The molecule has 2 N–H and O–H groups in total. The largest absolute Gasteiger partial charge is 0.478 e. The normalized spacial score (nSPS) is 20.2. The minimum Gasteiger partial charge on any atom is -0.478 e. The minimum absolute atomic E-state index is 0.218. The van der Waals surface area contributed by atoms with E-state index in [1.54, 1.807) is 12.1 Å². The lowest BCUT2D eigenvalue weighted by atomic mass is 9.76. The molecule has 0 bridgehead atoms. The fourth-order valence-corrected chi connectivity index (χ4v) is 8.68. The van der Waals surface area contributed by atoms with Crippen LogP contribution < -0.4 is 5.32 Å². The first-order valence-corrected chi connectivity index (χ1v) is 18.6. The van der Waals surface area contributed by atoms with Gasteiger partial charge in [0.1, 0.15) is 0 Å². The molecule has 3 aromatic carbocycles. The van der Waals surface area contributed by atoms with Gasteiger partial charge in [-0.3, -0.25) is 4.90 Å². The van der Waals surface area contributed by atoms with Crippen molar-refractivity contribution in [2.45, 2.75) is 102 Å². The Labute approximate surface area is 286 Å². The summed E-state index contributed by atoms with van der Waals surface area (Å²) < 4.78 is 0. The number of piperidine rings is 1. The second kappa shape index (κ2) is 14.8. The molecule has 1 aliphatic heterocycles. The van der Waals surface area contributed by atoms with E-state index >= 15 is 0 Å². The van der Waals surface area contributed by atoms with Gasteiger partial charge in [0, 0.05) is 23.2 Å². The lowest BCUT2D eigenvalue weighted by Crippen LogP contribution is -2.32. The molecular weight excluding hydrogens is 597 g/mol. The molecule has 6 rings (SSSR count). The number of hydrogen-bond acceptors (Lipinski definition) is 4. The number of carboxylic acids is 1. The molecule has 1 aliphatic carbocycles. The van der Waals surface area contributed by atoms with Gasteiger partial charge in [0.05, 0.1) is 5.56 Å². The van der Waals surface area contributed by atoms with Crippen LogP contribution in [-0.4, -0.2) is 35.1 Å². The van der Waals surface area contributed by atoms with Crippen molar-refractivity contribution in [1.82, 2.24) is 4.90 Å². The van der Waals surface area contributed by atoms with Crippen LogP contribution in [0.2, 0.25) is 0 Å². The monoisotopic (exact) mass is 648 g/mol. The van der Waals surface area contributed by atoms with Gasteiger partial charge in [-0.05, 0) is 152 Å². The molecule has 1 aromatic heterocycles. The van der Waals surface area contributed by atoms with E-state index in [2.05, 4.69) is 97.9 Å². The summed E-state index contributed by atoms with van der Waals surface area (Å²) in [5.41, 5.74) is 8.61. The third kappa shape index (κ3) is 8.74. The number of anilines is 1. The van der Waals surface area contributed by atoms with Gasteiger partial charge >= 0.3 is 5.97 Å². The number of aromatic carboxylic acids is 1. The number of hydrogen-bond donors (Lipinski definition) is 2. The molecule has 5 heteroatoms. The molecule has 248 valence electrons. The summed E-state index contributed by atoms with van der Waals surface area (Å²) in [6, 6.07) is 28.8. The fraction of sp³-hybridized carbons (Fsp3) is 0.452. The van der Waals surface area contributed by atoms with Crippen LogP contribution in [0.3, 0.4) is 0 Å². The highest BCUT2D eigenvalue weighted by atomic mass is 32.1. The fourth-order valence-electron chi connectivity index (χ4n) is 7.75. The molecule has 1 unspecified atom stereocenters. The van der Waals surface area contributed by atoms with Crippen LogP contribution in [0.1, 0.15) is 116 Å². The van der Waals surface area contributed by atoms with Crippen molar-refractivity contribution < 1.29 is 9.90 Å². The third-order valence-electron chi connectivity index (χ3n) is 10.7. The van der Waals surface area contributed by atoms with Gasteiger partial charge in [-0.1, -0.05) is 69.3 Å². The van der Waals surface area contributed by atoms with Gasteiger partial charge in [0.2, 0.25) is 0 Å². The Bertz CT molecular complexity index is 1580. The Kier molecular flexibility index (Phi) is 10.5. The van der Waals surface area contributed by atoms with Gasteiger partial charge < -0.3 is 10.4 Å². The van der Waals surface area contributed by atoms with Crippen molar-refractivity contribution in [3.63, 3.8) is 0 Å². The smallest absolute Gasteiger partial charge is 0.335 e. The average molecular weight is 649 g/mol. The van der Waals surface area contributed by atoms with E-state index in [9.17, 15) is 9.90 Å². The molecule has 0 spiro atoms. The van der Waals surface area contributed by atoms with Gasteiger partial charge in [-0.2, -0.15) is 0 Å². The molecule has 1 atom stereocenters. The standard InChI is InChI=1S/C42H52N2O2S/c1-29(25-30-5-7-31(8-6-30)33-13-17-38(18-14-33)42(2,3)4)43-39-19-15-34(16-20-39)37-26-40(47-28-37)27-44-23-21-35(22-24-44)32-9-11-36(12-10-32)41(45)46/h9-20,26,28-31,35,43H,5-8,21-25,27H2,1-4H3,(H,45,46). The van der Waals surface area contributed by atoms with Gasteiger partial charge in [0.25, 0.3) is 0 Å². The molecule has 0 amide bonds. The van der Waals surface area contributed by atoms with E-state index in [-0.39, 0.29) is 5.41 Å². The quantitative estimate of drug-likeness (QED) is 0.180. The van der Waals surface area contributed by atoms with Crippen LogP contribution in [-0.2, 0) is 12.0 Å². The van der Waals surface area contributed by atoms with E-state index in [1.807, 2.05) is 23.5 Å². The molecule has 2 heterocycles. The summed E-state index contributed by atoms with van der Waals surface area (Å²) in [6.45, 7) is 12.4. The summed E-state index contributed by atoms with van der Waals surface area (Å²) >= 11 is 1.86. The van der Waals surface area contributed by atoms with E-state index < -0.39 is 5.97 Å². The molecule has 1 saturated carbocycles. The summed E-state index contributed by atoms with van der Waals surface area (Å²) in [5, 5.41) is 15.3. The molecule has 4 nitrogen and oxygen atoms in total. The van der Waals surface area contributed by atoms with Crippen molar-refractivity contribution in [2.24, 2.45) is 5.92 Å². The van der Waals surface area contributed by atoms with Crippen LogP contribution in [0.5, 0.6) is 0 Å². The number of nitrogens with zero attached hydrogens (tertiary/aromatic N) is 1. The zero-order valence-electron chi connectivity index (χ0n) is 28.7. The lowest BCUT2D eigenvalue weighted by Gasteiger charge is -2.31. The zero-order valence-corrected chi connectivity index (χ0v) is 29.5. The van der Waals surface area contributed by atoms with Crippen LogP contribution in [0.25, 0.3) is 11.1 Å². The predicted octanol–water partition coefficient (Wildman–Crippen LogP) is 11.0. The average Bonchev–Trinajstić information content (AvgIpc) is 3.54. The molecule has 1 saturated heterocycles. The van der Waals surface area contributed by atoms with Crippen LogP contribution >= 0.6 is 11.3 Å². The minimum atomic E-state index is -0.860. The topological polar surface area (TPSA) is 52.6 Å². The van der Waals surface area contributed by atoms with Gasteiger partial charge in [-0.25, -0.2) is 4.79 Å². The number of benzene rings is 3. The Balaban J connectivity index is 0.930. The maximum absolute atomic E-state index is 11.2. The molecule has 47 heavy (non-hydrogen) atoms. The van der Waals surface area contributed by atoms with Gasteiger partial charge in [-0.15, -0.1) is 11.3 Å². The molecule has 0 radical (unpaired) electrons. The van der Waals surface area contributed by atoms with Crippen molar-refractivity contribution in [1.29, 1.82) is 0 Å². The van der Waals surface area contributed by atoms with E-state index in [0.717, 1.165) is 44.3 Å². The number of nitrogens with one attached hydrogen (secondary N) is 1. The second-order valence-corrected chi connectivity index (χ2v) is 16.2. The predicted molar refractivity (Wildman–Crippen MR) is 198 cm³/mol. The van der Waals surface area contributed by atoms with Crippen molar-refractivity contribution in [2.75, 3.05) is 18.4 Å². The molecule has 4 aromatic rings. The summed E-state index contributed by atoms with van der Waals surface area (Å²) in [4.78, 5) is 15.1. The Hall–Kier alpha value is -3.41. The van der Waals surface area contributed by atoms with E-state index in [0.29, 0.717) is 17.5 Å². The van der Waals surface area contributed by atoms with Crippen molar-refractivity contribution >= 4 is 23.0 Å². The van der Waals surface area contributed by atoms with Crippen LogP contribution in [0.4, 0.5) is 5.69 Å². The Morgan fingerprint density at radius 1 is 0.830 bits per heavy atom. The van der Waals surface area contributed by atoms with Crippen LogP contribution in [0, 0.1) is 5.92 Å². The highest BCUT2D eigenvalue weighted by Gasteiger charge is 2.25. The first-order valence-electron chi connectivity index (χ1n) is 17.7. The van der Waals surface area contributed by atoms with Crippen molar-refractivity contribution in [3.8, 4) is 11.1 Å². The maximum atomic E-state index is 11.2. The lowest BCUT2D eigenvalue weighted by molar-refractivity contribution is 0.0697. The number of carbonyl (C=O) groups is 1. The zero-order chi connectivity index (χ0) is 33.0. The highest BCUT2D eigenvalue weighted by Crippen LogP contribution is 2.39. The number of thiophene rings is 1. The van der Waals surface area contributed by atoms with Crippen molar-refractivity contribution in [3.05, 3.63) is 111 Å². The first kappa shape index (κ1) is 33.5. The Morgan fingerprint density at radius 2 is 1.43 bits per heavy atom. The summed E-state index contributed by atoms with van der Waals surface area (Å²) in [7, 11) is 0. The van der Waals surface area contributed by atoms with Gasteiger partial charge in [0.15, 0.2) is 0 Å². The van der Waals surface area contributed by atoms with E-state index in [4.69, 9.17) is 0 Å². The SMILES string of the molecule is CC(CC1CCC(c2ccc(C(C)(C)C)cc2)CC1)Nc1ccc(-c2csc(CN3CCC(c4ccc(C(=O)O)cc4)CC3)c2)cc1. The molecular formula is C42H52N2O2S. The summed E-state index contributed by atoms with van der Waals surface area (Å²) in [6.07, 6.45) is 8.75. The molecule has 2 fully saturated rings. The number of rotatable bonds is 10. The van der Waals surface area contributed by atoms with E-state index in [1.165, 1.54) is 70.5 Å². The second-order valence-electron chi connectivity index (χ2n) is 15.2. The maximum Gasteiger partial charge on any atom is 0.335 e. The van der Waals surface area contributed by atoms with Crippen LogP contribution in [0.15, 0.2) is 84.2 Å². The Morgan fingerprint density at radius 3 is 2.02 bits per heavy atom. The number of carboxylic acid groups (broad SMARTS) is 1. The first-order chi connectivity index (χ1) is 22.6.